The maximum absolute atomic E-state index is 2.45. The van der Waals surface area contributed by atoms with Crippen LogP contribution in [-0.4, -0.2) is 25.0 Å². The third-order valence-corrected chi connectivity index (χ3v) is 4.30. The smallest absolute Gasteiger partial charge is 0.00891 e. The molecule has 17 heavy (non-hydrogen) atoms. The molecule has 1 aliphatic rings. The van der Waals surface area contributed by atoms with Crippen LogP contribution < -0.4 is 0 Å². The van der Waals surface area contributed by atoms with Gasteiger partial charge in [-0.2, -0.15) is 0 Å². The van der Waals surface area contributed by atoms with E-state index in [-0.39, 0.29) is 0 Å². The van der Waals surface area contributed by atoms with Gasteiger partial charge in [-0.25, -0.2) is 0 Å². The minimum Gasteiger partial charge on any atom is -0.306 e. The zero-order valence-corrected chi connectivity index (χ0v) is 12.2. The van der Waals surface area contributed by atoms with Gasteiger partial charge in [0.15, 0.2) is 0 Å². The van der Waals surface area contributed by atoms with Crippen LogP contribution in [0.2, 0.25) is 0 Å². The molecule has 0 aromatic carbocycles. The normalized spacial score (nSPS) is 23.5. The first-order valence-electron chi connectivity index (χ1n) is 7.97. The van der Waals surface area contributed by atoms with E-state index in [4.69, 9.17) is 0 Å². The van der Waals surface area contributed by atoms with E-state index in [9.17, 15) is 0 Å². The molecule has 1 heteroatoms. The zero-order chi connectivity index (χ0) is 12.3. The van der Waals surface area contributed by atoms with Crippen LogP contribution in [0.4, 0.5) is 0 Å². The summed E-state index contributed by atoms with van der Waals surface area (Å²) in [5.41, 5.74) is 0. The summed E-state index contributed by atoms with van der Waals surface area (Å²) in [5, 5.41) is 0. The van der Waals surface area contributed by atoms with Crippen molar-refractivity contribution in [3.05, 3.63) is 0 Å². The molecule has 0 saturated heterocycles. The molecule has 0 aliphatic heterocycles. The summed E-state index contributed by atoms with van der Waals surface area (Å²) >= 11 is 0. The second-order valence-electron chi connectivity index (χ2n) is 6.08. The average Bonchev–Trinajstić information content (AvgIpc) is 2.31. The lowest BCUT2D eigenvalue weighted by atomic mass is 9.98. The highest BCUT2D eigenvalue weighted by atomic mass is 15.1. The van der Waals surface area contributed by atoms with E-state index < -0.39 is 0 Å². The molecule has 0 aromatic heterocycles. The lowest BCUT2D eigenvalue weighted by Gasteiger charge is -2.24. The van der Waals surface area contributed by atoms with Gasteiger partial charge in [-0.15, -0.1) is 0 Å². The Balaban J connectivity index is 2.24. The summed E-state index contributed by atoms with van der Waals surface area (Å²) in [6, 6.07) is 0.845. The lowest BCUT2D eigenvalue weighted by molar-refractivity contribution is 0.251. The van der Waals surface area contributed by atoms with E-state index in [0.717, 1.165) is 6.04 Å². The highest BCUT2D eigenvalue weighted by Gasteiger charge is 2.10. The maximum atomic E-state index is 2.45. The predicted octanol–water partition coefficient (Wildman–Crippen LogP) is 5.00. The Morgan fingerprint density at radius 2 is 0.824 bits per heavy atom. The first kappa shape index (κ1) is 15.0. The first-order valence-corrected chi connectivity index (χ1v) is 7.97. The number of hydrogen-bond acceptors (Lipinski definition) is 1. The monoisotopic (exact) mass is 239 g/mol. The Morgan fingerprint density at radius 3 is 1.12 bits per heavy atom. The van der Waals surface area contributed by atoms with E-state index in [1.165, 1.54) is 83.5 Å². The van der Waals surface area contributed by atoms with Gasteiger partial charge in [0.25, 0.3) is 0 Å². The second-order valence-corrected chi connectivity index (χ2v) is 6.08. The van der Waals surface area contributed by atoms with Crippen molar-refractivity contribution >= 4 is 0 Å². The number of rotatable bonds is 1. The van der Waals surface area contributed by atoms with Crippen molar-refractivity contribution < 1.29 is 0 Å². The van der Waals surface area contributed by atoms with Gasteiger partial charge < -0.3 is 4.90 Å². The van der Waals surface area contributed by atoms with Gasteiger partial charge in [-0.3, -0.25) is 0 Å². The lowest BCUT2D eigenvalue weighted by Crippen LogP contribution is -2.27. The summed E-state index contributed by atoms with van der Waals surface area (Å²) in [4.78, 5) is 2.45. The fraction of sp³-hybridized carbons (Fsp3) is 1.00. The topological polar surface area (TPSA) is 3.24 Å². The maximum Gasteiger partial charge on any atom is 0.00891 e. The summed E-state index contributed by atoms with van der Waals surface area (Å²) in [7, 11) is 4.52. The molecule has 0 spiro atoms. The van der Waals surface area contributed by atoms with E-state index in [1.54, 1.807) is 0 Å². The van der Waals surface area contributed by atoms with E-state index in [0.29, 0.717) is 0 Å². The second kappa shape index (κ2) is 9.94. The largest absolute Gasteiger partial charge is 0.306 e. The summed E-state index contributed by atoms with van der Waals surface area (Å²) in [6.07, 6.45) is 19.0. The molecule has 0 heterocycles. The molecule has 0 aromatic rings. The van der Waals surface area contributed by atoms with Gasteiger partial charge in [0.05, 0.1) is 0 Å². The molecular formula is C16H33N. The molecule has 0 radical (unpaired) electrons. The van der Waals surface area contributed by atoms with Crippen molar-refractivity contribution in [1.82, 2.24) is 4.90 Å². The van der Waals surface area contributed by atoms with E-state index >= 15 is 0 Å². The first-order chi connectivity index (χ1) is 8.30. The van der Waals surface area contributed by atoms with Gasteiger partial charge in [0, 0.05) is 6.04 Å². The van der Waals surface area contributed by atoms with Crippen LogP contribution in [0.15, 0.2) is 0 Å². The highest BCUT2D eigenvalue weighted by molar-refractivity contribution is 4.67. The molecule has 0 N–H and O–H groups in total. The molecule has 1 aliphatic carbocycles. The Morgan fingerprint density at radius 1 is 0.529 bits per heavy atom. The highest BCUT2D eigenvalue weighted by Crippen LogP contribution is 2.18. The van der Waals surface area contributed by atoms with Crippen molar-refractivity contribution in [3.8, 4) is 0 Å². The summed E-state index contributed by atoms with van der Waals surface area (Å²) in [6.45, 7) is 0. The fourth-order valence-corrected chi connectivity index (χ4v) is 3.01. The molecule has 0 unspecified atom stereocenters. The molecule has 0 bridgehead atoms. The van der Waals surface area contributed by atoms with Crippen LogP contribution in [0.5, 0.6) is 0 Å². The third-order valence-electron chi connectivity index (χ3n) is 4.30. The molecule has 1 fully saturated rings. The summed E-state index contributed by atoms with van der Waals surface area (Å²) in [5.74, 6) is 0. The number of hydrogen-bond donors (Lipinski definition) is 0. The SMILES string of the molecule is CN(C)C1CCCCCCCCCCCCC1. The van der Waals surface area contributed by atoms with Crippen LogP contribution >= 0.6 is 0 Å². The molecule has 102 valence electrons. The van der Waals surface area contributed by atoms with Crippen molar-refractivity contribution in [3.63, 3.8) is 0 Å². The standard InChI is InChI=1S/C16H33N/c1-17(2)16-14-12-10-8-6-4-3-5-7-9-11-13-15-16/h16H,3-15H2,1-2H3. The van der Waals surface area contributed by atoms with Crippen LogP contribution in [0, 0.1) is 0 Å². The van der Waals surface area contributed by atoms with Gasteiger partial charge >= 0.3 is 0 Å². The van der Waals surface area contributed by atoms with Crippen LogP contribution in [0.25, 0.3) is 0 Å². The van der Waals surface area contributed by atoms with E-state index in [1.807, 2.05) is 0 Å². The fourth-order valence-electron chi connectivity index (χ4n) is 3.01. The van der Waals surface area contributed by atoms with Gasteiger partial charge in [-0.05, 0) is 26.9 Å². The van der Waals surface area contributed by atoms with Crippen molar-refractivity contribution in [2.45, 2.75) is 89.5 Å². The van der Waals surface area contributed by atoms with Gasteiger partial charge in [0.2, 0.25) is 0 Å². The van der Waals surface area contributed by atoms with E-state index in [2.05, 4.69) is 19.0 Å². The Hall–Kier alpha value is -0.0400. The Labute approximate surface area is 109 Å². The quantitative estimate of drug-likeness (QED) is 0.622. The number of nitrogens with zero attached hydrogens (tertiary/aromatic N) is 1. The molecular weight excluding hydrogens is 206 g/mol. The predicted molar refractivity (Wildman–Crippen MR) is 77.5 cm³/mol. The minimum atomic E-state index is 0.845. The molecule has 1 saturated carbocycles. The average molecular weight is 239 g/mol. The third kappa shape index (κ3) is 7.81. The molecule has 0 atom stereocenters. The van der Waals surface area contributed by atoms with Crippen LogP contribution in [-0.2, 0) is 0 Å². The van der Waals surface area contributed by atoms with Crippen LogP contribution in [0.1, 0.15) is 83.5 Å². The Bertz CT molecular complexity index is 151. The van der Waals surface area contributed by atoms with Gasteiger partial charge in [-0.1, -0.05) is 70.6 Å². The van der Waals surface area contributed by atoms with Crippen LogP contribution in [0.3, 0.4) is 0 Å². The Kier molecular flexibility index (Phi) is 8.78. The zero-order valence-electron chi connectivity index (χ0n) is 12.2. The molecule has 1 rings (SSSR count). The van der Waals surface area contributed by atoms with Crippen molar-refractivity contribution in [2.24, 2.45) is 0 Å². The molecule has 1 nitrogen and oxygen atoms in total. The minimum absolute atomic E-state index is 0.845. The van der Waals surface area contributed by atoms with Gasteiger partial charge in [0.1, 0.15) is 0 Å². The van der Waals surface area contributed by atoms with Crippen molar-refractivity contribution in [2.75, 3.05) is 14.1 Å². The summed E-state index contributed by atoms with van der Waals surface area (Å²) < 4.78 is 0. The van der Waals surface area contributed by atoms with Crippen molar-refractivity contribution in [1.29, 1.82) is 0 Å². The molecule has 0 amide bonds.